The second-order valence-corrected chi connectivity index (χ2v) is 2.47. The Bertz CT molecular complexity index is 173. The van der Waals surface area contributed by atoms with Crippen molar-refractivity contribution in [3.05, 3.63) is 0 Å². The number of halogens is 1. The van der Waals surface area contributed by atoms with Gasteiger partial charge < -0.3 is 9.84 Å². The molecule has 1 N–H and O–H groups in total. The molecule has 0 radical (unpaired) electrons. The van der Waals surface area contributed by atoms with Crippen molar-refractivity contribution < 1.29 is 14.6 Å². The molecule has 0 aromatic rings. The van der Waals surface area contributed by atoms with Gasteiger partial charge >= 0.3 is 5.97 Å². The third kappa shape index (κ3) is 4.65. The van der Waals surface area contributed by atoms with Crippen LogP contribution < -0.4 is 0 Å². The van der Waals surface area contributed by atoms with Gasteiger partial charge in [-0.05, 0) is 6.92 Å². The summed E-state index contributed by atoms with van der Waals surface area (Å²) >= 11 is 5.32. The molecule has 0 bridgehead atoms. The lowest BCUT2D eigenvalue weighted by Crippen LogP contribution is -2.22. The molecule has 0 aliphatic carbocycles. The van der Waals surface area contributed by atoms with Crippen LogP contribution >= 0.6 is 11.6 Å². The standard InChI is InChI=1S/C7H9ClO3/c1-3-5(2)11-4-6(8)7(9)10/h1,5-6H,4H2,2H3,(H,9,10). The second-order valence-electron chi connectivity index (χ2n) is 1.95. The first-order chi connectivity index (χ1) is 5.07. The van der Waals surface area contributed by atoms with Gasteiger partial charge in [0.1, 0.15) is 6.10 Å². The minimum atomic E-state index is -1.10. The normalized spacial score (nSPS) is 15.0. The molecule has 0 spiro atoms. The van der Waals surface area contributed by atoms with Crippen molar-refractivity contribution in [3.63, 3.8) is 0 Å². The molecule has 0 aliphatic rings. The van der Waals surface area contributed by atoms with Crippen LogP contribution in [0.25, 0.3) is 0 Å². The van der Waals surface area contributed by atoms with Crippen LogP contribution in [0.2, 0.25) is 0 Å². The van der Waals surface area contributed by atoms with Crippen LogP contribution in [0.1, 0.15) is 6.92 Å². The van der Waals surface area contributed by atoms with Gasteiger partial charge in [-0.25, -0.2) is 0 Å². The number of hydrogen-bond acceptors (Lipinski definition) is 2. The SMILES string of the molecule is C#CC(C)OCC(Cl)C(=O)O. The maximum Gasteiger partial charge on any atom is 0.324 e. The van der Waals surface area contributed by atoms with Crippen molar-refractivity contribution in [2.45, 2.75) is 18.4 Å². The largest absolute Gasteiger partial charge is 0.480 e. The number of aliphatic carboxylic acids is 1. The van der Waals surface area contributed by atoms with Gasteiger partial charge in [-0.2, -0.15) is 0 Å². The molecule has 4 heteroatoms. The Morgan fingerprint density at radius 1 is 1.91 bits per heavy atom. The third-order valence-electron chi connectivity index (χ3n) is 0.995. The van der Waals surface area contributed by atoms with Crippen molar-refractivity contribution >= 4 is 17.6 Å². The second kappa shape index (κ2) is 5.00. The van der Waals surface area contributed by atoms with Crippen LogP contribution in [0.4, 0.5) is 0 Å². The average Bonchev–Trinajstić information content (AvgIpc) is 1.99. The van der Waals surface area contributed by atoms with Gasteiger partial charge in [0.15, 0.2) is 5.38 Å². The Morgan fingerprint density at radius 2 is 2.45 bits per heavy atom. The molecule has 0 fully saturated rings. The summed E-state index contributed by atoms with van der Waals surface area (Å²) in [5.74, 6) is 1.18. The quantitative estimate of drug-likeness (QED) is 0.507. The average molecular weight is 177 g/mol. The smallest absolute Gasteiger partial charge is 0.324 e. The zero-order valence-electron chi connectivity index (χ0n) is 6.08. The molecule has 0 saturated heterocycles. The molecule has 0 aliphatic heterocycles. The van der Waals surface area contributed by atoms with Crippen LogP contribution in [0, 0.1) is 12.3 Å². The Kier molecular flexibility index (Phi) is 4.67. The summed E-state index contributed by atoms with van der Waals surface area (Å²) in [6, 6.07) is 0. The third-order valence-corrected chi connectivity index (χ3v) is 1.31. The summed E-state index contributed by atoms with van der Waals surface area (Å²) in [6.45, 7) is 1.58. The van der Waals surface area contributed by atoms with Crippen LogP contribution in [0.15, 0.2) is 0 Å². The van der Waals surface area contributed by atoms with E-state index >= 15 is 0 Å². The van der Waals surface area contributed by atoms with Crippen molar-refractivity contribution in [3.8, 4) is 12.3 Å². The fraction of sp³-hybridized carbons (Fsp3) is 0.571. The molecule has 2 unspecified atom stereocenters. The van der Waals surface area contributed by atoms with Crippen molar-refractivity contribution in [1.29, 1.82) is 0 Å². The highest BCUT2D eigenvalue weighted by Crippen LogP contribution is 1.98. The minimum absolute atomic E-state index is 0.0672. The summed E-state index contributed by atoms with van der Waals surface area (Å²) in [5.41, 5.74) is 0. The molecule has 0 saturated carbocycles. The number of terminal acetylenes is 1. The summed E-state index contributed by atoms with van der Waals surface area (Å²) in [5, 5.41) is 7.28. The van der Waals surface area contributed by atoms with Crippen molar-refractivity contribution in [2.75, 3.05) is 6.61 Å². The van der Waals surface area contributed by atoms with Crippen molar-refractivity contribution in [2.24, 2.45) is 0 Å². The van der Waals surface area contributed by atoms with E-state index < -0.39 is 17.5 Å². The fourth-order valence-electron chi connectivity index (χ4n) is 0.348. The van der Waals surface area contributed by atoms with Crippen molar-refractivity contribution in [1.82, 2.24) is 0 Å². The lowest BCUT2D eigenvalue weighted by atomic mass is 10.4. The Hall–Kier alpha value is -0.720. The van der Waals surface area contributed by atoms with Gasteiger partial charge in [0.05, 0.1) is 6.61 Å². The summed E-state index contributed by atoms with van der Waals surface area (Å²) in [7, 11) is 0. The first kappa shape index (κ1) is 10.3. The monoisotopic (exact) mass is 176 g/mol. The number of ether oxygens (including phenoxy) is 1. The molecule has 62 valence electrons. The zero-order valence-corrected chi connectivity index (χ0v) is 6.84. The molecule has 0 aromatic heterocycles. The molecule has 0 rings (SSSR count). The van der Waals surface area contributed by atoms with E-state index in [-0.39, 0.29) is 6.61 Å². The Morgan fingerprint density at radius 3 is 2.82 bits per heavy atom. The first-order valence-corrected chi connectivity index (χ1v) is 3.46. The van der Waals surface area contributed by atoms with Gasteiger partial charge in [0.2, 0.25) is 0 Å². The molecule has 11 heavy (non-hydrogen) atoms. The topological polar surface area (TPSA) is 46.5 Å². The summed E-state index contributed by atoms with van der Waals surface area (Å²) < 4.78 is 4.87. The minimum Gasteiger partial charge on any atom is -0.480 e. The van der Waals surface area contributed by atoms with E-state index in [1.807, 2.05) is 0 Å². The maximum atomic E-state index is 10.1. The van der Waals surface area contributed by atoms with Gasteiger partial charge in [-0.15, -0.1) is 18.0 Å². The van der Waals surface area contributed by atoms with Gasteiger partial charge in [-0.1, -0.05) is 5.92 Å². The predicted octanol–water partition coefficient (Wildman–Crippen LogP) is 0.717. The predicted molar refractivity (Wildman–Crippen MR) is 41.5 cm³/mol. The van der Waals surface area contributed by atoms with E-state index in [4.69, 9.17) is 27.9 Å². The van der Waals surface area contributed by atoms with Crippen LogP contribution in [0.3, 0.4) is 0 Å². The summed E-state index contributed by atoms with van der Waals surface area (Å²) in [4.78, 5) is 10.1. The molecule has 3 nitrogen and oxygen atoms in total. The molecule has 0 amide bonds. The molecule has 0 heterocycles. The van der Waals surface area contributed by atoms with E-state index in [0.717, 1.165) is 0 Å². The summed E-state index contributed by atoms with van der Waals surface area (Å²) in [6.07, 6.45) is 4.58. The lowest BCUT2D eigenvalue weighted by Gasteiger charge is -2.07. The highest BCUT2D eigenvalue weighted by molar-refractivity contribution is 6.29. The van der Waals surface area contributed by atoms with E-state index in [0.29, 0.717) is 0 Å². The Labute approximate surface area is 70.3 Å². The highest BCUT2D eigenvalue weighted by Gasteiger charge is 2.14. The molecule has 2 atom stereocenters. The van der Waals surface area contributed by atoms with Crippen LogP contribution in [-0.4, -0.2) is 29.2 Å². The number of carboxylic acid groups (broad SMARTS) is 1. The number of alkyl halides is 1. The molecular weight excluding hydrogens is 168 g/mol. The van der Waals surface area contributed by atoms with E-state index in [9.17, 15) is 4.79 Å². The lowest BCUT2D eigenvalue weighted by molar-refractivity contribution is -0.137. The van der Waals surface area contributed by atoms with Gasteiger partial charge in [0.25, 0.3) is 0 Å². The first-order valence-electron chi connectivity index (χ1n) is 3.02. The molecule has 0 aromatic carbocycles. The Balaban J connectivity index is 3.55. The number of carbonyl (C=O) groups is 1. The fourth-order valence-corrected chi connectivity index (χ4v) is 0.421. The number of rotatable bonds is 4. The van der Waals surface area contributed by atoms with Gasteiger partial charge in [-0.3, -0.25) is 4.79 Å². The van der Waals surface area contributed by atoms with E-state index in [2.05, 4.69) is 5.92 Å². The van der Waals surface area contributed by atoms with E-state index in [1.54, 1.807) is 6.92 Å². The maximum absolute atomic E-state index is 10.1. The zero-order chi connectivity index (χ0) is 8.85. The highest BCUT2D eigenvalue weighted by atomic mass is 35.5. The van der Waals surface area contributed by atoms with Crippen LogP contribution in [-0.2, 0) is 9.53 Å². The molecular formula is C7H9ClO3. The van der Waals surface area contributed by atoms with Crippen LogP contribution in [0.5, 0.6) is 0 Å². The van der Waals surface area contributed by atoms with E-state index in [1.165, 1.54) is 0 Å². The number of carboxylic acids is 1. The van der Waals surface area contributed by atoms with Gasteiger partial charge in [0, 0.05) is 0 Å². The number of hydrogen-bond donors (Lipinski definition) is 1.